The number of aryl methyl sites for hydroxylation is 2. The van der Waals surface area contributed by atoms with E-state index in [-0.39, 0.29) is 24.1 Å². The minimum absolute atomic E-state index is 0.0670. The van der Waals surface area contributed by atoms with Gasteiger partial charge >= 0.3 is 0 Å². The molecule has 0 unspecified atom stereocenters. The highest BCUT2D eigenvalue weighted by atomic mass is 16.2. The van der Waals surface area contributed by atoms with Gasteiger partial charge in [-0.25, -0.2) is 9.36 Å². The molecule has 1 amide bonds. The Balaban J connectivity index is 1.73. The molecule has 1 N–H and O–H groups in total. The van der Waals surface area contributed by atoms with E-state index in [0.29, 0.717) is 5.82 Å². The third-order valence-electron chi connectivity index (χ3n) is 4.59. The number of nitrogens with one attached hydrogen (secondary N) is 1. The lowest BCUT2D eigenvalue weighted by Crippen LogP contribution is -2.39. The molecule has 0 aliphatic heterocycles. The van der Waals surface area contributed by atoms with Gasteiger partial charge in [0.1, 0.15) is 6.54 Å². The molecular weight excluding hydrogens is 318 g/mol. The quantitative estimate of drug-likeness (QED) is 0.860. The molecule has 0 saturated heterocycles. The highest BCUT2D eigenvalue weighted by Crippen LogP contribution is 2.17. The van der Waals surface area contributed by atoms with E-state index in [1.807, 2.05) is 19.9 Å². The molecule has 2 heterocycles. The predicted molar refractivity (Wildman–Crippen MR) is 94.7 cm³/mol. The molecule has 7 heteroatoms. The van der Waals surface area contributed by atoms with Crippen LogP contribution >= 0.6 is 0 Å². The standard InChI is InChI=1S/C18H25N5O2/c1-13-11-14(2)23(20-13)16-9-10-18(25)22(21-16)12-17(24)19-15-7-5-3-4-6-8-15/h9-11,15H,3-8,12H2,1-2H3,(H,19,24). The number of nitrogens with zero attached hydrogens (tertiary/aromatic N) is 4. The van der Waals surface area contributed by atoms with Crippen LogP contribution in [0.3, 0.4) is 0 Å². The molecule has 2 aromatic heterocycles. The minimum Gasteiger partial charge on any atom is -0.352 e. The number of hydrogen-bond acceptors (Lipinski definition) is 4. The van der Waals surface area contributed by atoms with Crippen LogP contribution in [0, 0.1) is 13.8 Å². The molecule has 3 rings (SSSR count). The van der Waals surface area contributed by atoms with Crippen molar-refractivity contribution in [3.05, 3.63) is 39.9 Å². The second-order valence-electron chi connectivity index (χ2n) is 6.78. The van der Waals surface area contributed by atoms with Crippen molar-refractivity contribution in [3.63, 3.8) is 0 Å². The fraction of sp³-hybridized carbons (Fsp3) is 0.556. The lowest BCUT2D eigenvalue weighted by molar-refractivity contribution is -0.122. The zero-order valence-electron chi connectivity index (χ0n) is 14.9. The highest BCUT2D eigenvalue weighted by Gasteiger charge is 2.16. The van der Waals surface area contributed by atoms with Gasteiger partial charge in [0.25, 0.3) is 5.56 Å². The lowest BCUT2D eigenvalue weighted by Gasteiger charge is -2.16. The first-order chi connectivity index (χ1) is 12.0. The smallest absolute Gasteiger partial charge is 0.267 e. The van der Waals surface area contributed by atoms with Crippen LogP contribution in [-0.2, 0) is 11.3 Å². The Labute approximate surface area is 147 Å². The van der Waals surface area contributed by atoms with E-state index >= 15 is 0 Å². The summed E-state index contributed by atoms with van der Waals surface area (Å²) in [6.45, 7) is 3.76. The van der Waals surface area contributed by atoms with Gasteiger partial charge in [-0.3, -0.25) is 9.59 Å². The van der Waals surface area contributed by atoms with E-state index in [4.69, 9.17) is 0 Å². The van der Waals surface area contributed by atoms with Crippen LogP contribution in [0.25, 0.3) is 5.82 Å². The third kappa shape index (κ3) is 4.35. The largest absolute Gasteiger partial charge is 0.352 e. The second kappa shape index (κ2) is 7.63. The highest BCUT2D eigenvalue weighted by molar-refractivity contribution is 5.75. The van der Waals surface area contributed by atoms with Crippen molar-refractivity contribution in [2.75, 3.05) is 0 Å². The van der Waals surface area contributed by atoms with Gasteiger partial charge in [-0.1, -0.05) is 25.7 Å². The molecule has 0 atom stereocenters. The monoisotopic (exact) mass is 343 g/mol. The zero-order chi connectivity index (χ0) is 17.8. The van der Waals surface area contributed by atoms with Crippen LogP contribution in [0.4, 0.5) is 0 Å². The normalized spacial score (nSPS) is 15.8. The molecule has 0 radical (unpaired) electrons. The van der Waals surface area contributed by atoms with Crippen LogP contribution in [0.1, 0.15) is 49.9 Å². The summed E-state index contributed by atoms with van der Waals surface area (Å²) in [5, 5.41) is 11.7. The Bertz CT molecular complexity index is 800. The minimum atomic E-state index is -0.290. The van der Waals surface area contributed by atoms with Crippen LogP contribution in [0.15, 0.2) is 23.0 Å². The van der Waals surface area contributed by atoms with Gasteiger partial charge < -0.3 is 5.32 Å². The fourth-order valence-electron chi connectivity index (χ4n) is 3.36. The third-order valence-corrected chi connectivity index (χ3v) is 4.59. The summed E-state index contributed by atoms with van der Waals surface area (Å²) in [5.41, 5.74) is 1.52. The molecule has 1 aliphatic carbocycles. The van der Waals surface area contributed by atoms with E-state index in [9.17, 15) is 9.59 Å². The van der Waals surface area contributed by atoms with Crippen LogP contribution in [0.2, 0.25) is 0 Å². The van der Waals surface area contributed by atoms with Crippen molar-refractivity contribution < 1.29 is 4.79 Å². The van der Waals surface area contributed by atoms with E-state index in [2.05, 4.69) is 15.5 Å². The van der Waals surface area contributed by atoms with E-state index < -0.39 is 0 Å². The molecular formula is C18H25N5O2. The summed E-state index contributed by atoms with van der Waals surface area (Å²) in [7, 11) is 0. The number of carbonyl (C=O) groups is 1. The molecule has 134 valence electrons. The zero-order valence-corrected chi connectivity index (χ0v) is 14.9. The van der Waals surface area contributed by atoms with Crippen molar-refractivity contribution in [2.24, 2.45) is 0 Å². The summed E-state index contributed by atoms with van der Waals surface area (Å²) in [6.07, 6.45) is 6.79. The van der Waals surface area contributed by atoms with Crippen LogP contribution < -0.4 is 10.9 Å². The maximum absolute atomic E-state index is 12.3. The van der Waals surface area contributed by atoms with Crippen molar-refractivity contribution in [2.45, 2.75) is 65.0 Å². The molecule has 1 saturated carbocycles. The van der Waals surface area contributed by atoms with Crippen LogP contribution in [0.5, 0.6) is 0 Å². The Kier molecular flexibility index (Phi) is 5.31. The molecule has 1 fully saturated rings. The average molecular weight is 343 g/mol. The first-order valence-corrected chi connectivity index (χ1v) is 8.94. The van der Waals surface area contributed by atoms with Crippen LogP contribution in [-0.4, -0.2) is 31.5 Å². The molecule has 0 bridgehead atoms. The first kappa shape index (κ1) is 17.4. The van der Waals surface area contributed by atoms with Crippen molar-refractivity contribution in [1.29, 1.82) is 0 Å². The topological polar surface area (TPSA) is 81.8 Å². The number of hydrogen-bond donors (Lipinski definition) is 1. The van der Waals surface area contributed by atoms with Gasteiger partial charge in [0, 0.05) is 17.8 Å². The predicted octanol–water partition coefficient (Wildman–Crippen LogP) is 1.88. The van der Waals surface area contributed by atoms with Gasteiger partial charge in [-0.2, -0.15) is 5.10 Å². The van der Waals surface area contributed by atoms with Gasteiger partial charge in [0.05, 0.1) is 5.69 Å². The van der Waals surface area contributed by atoms with Gasteiger partial charge in [0.2, 0.25) is 5.91 Å². The summed E-state index contributed by atoms with van der Waals surface area (Å²) < 4.78 is 2.88. The number of rotatable bonds is 4. The number of carbonyl (C=O) groups excluding carboxylic acids is 1. The Hall–Kier alpha value is -2.44. The fourth-order valence-corrected chi connectivity index (χ4v) is 3.36. The van der Waals surface area contributed by atoms with Gasteiger partial charge in [0.15, 0.2) is 5.82 Å². The summed E-state index contributed by atoms with van der Waals surface area (Å²) >= 11 is 0. The van der Waals surface area contributed by atoms with E-state index in [1.54, 1.807) is 10.7 Å². The number of aromatic nitrogens is 4. The van der Waals surface area contributed by atoms with Gasteiger partial charge in [-0.15, -0.1) is 5.10 Å². The molecule has 0 aromatic carbocycles. The molecule has 1 aliphatic rings. The van der Waals surface area contributed by atoms with Crippen molar-refractivity contribution in [1.82, 2.24) is 24.9 Å². The van der Waals surface area contributed by atoms with E-state index in [0.717, 1.165) is 37.1 Å². The average Bonchev–Trinajstić information content (AvgIpc) is 2.75. The summed E-state index contributed by atoms with van der Waals surface area (Å²) in [4.78, 5) is 24.4. The summed E-state index contributed by atoms with van der Waals surface area (Å²) in [6, 6.07) is 5.21. The number of amides is 1. The molecule has 0 spiro atoms. The molecule has 2 aromatic rings. The maximum atomic E-state index is 12.3. The Morgan fingerprint density at radius 3 is 2.52 bits per heavy atom. The summed E-state index contributed by atoms with van der Waals surface area (Å²) in [5.74, 6) is 0.375. The first-order valence-electron chi connectivity index (χ1n) is 8.94. The molecule has 25 heavy (non-hydrogen) atoms. The molecule has 7 nitrogen and oxygen atoms in total. The van der Waals surface area contributed by atoms with E-state index in [1.165, 1.54) is 23.6 Å². The Morgan fingerprint density at radius 1 is 1.16 bits per heavy atom. The SMILES string of the molecule is Cc1cc(C)n(-c2ccc(=O)n(CC(=O)NC3CCCCCC3)n2)n1. The Morgan fingerprint density at radius 2 is 1.88 bits per heavy atom. The lowest BCUT2D eigenvalue weighted by atomic mass is 10.1. The van der Waals surface area contributed by atoms with Crippen molar-refractivity contribution in [3.8, 4) is 5.82 Å². The second-order valence-corrected chi connectivity index (χ2v) is 6.78. The van der Waals surface area contributed by atoms with Crippen molar-refractivity contribution >= 4 is 5.91 Å². The maximum Gasteiger partial charge on any atom is 0.267 e. The van der Waals surface area contributed by atoms with Gasteiger partial charge in [-0.05, 0) is 38.8 Å².